The van der Waals surface area contributed by atoms with E-state index in [9.17, 15) is 19.7 Å². The number of hydrogen-bond acceptors (Lipinski definition) is 8. The van der Waals surface area contributed by atoms with Crippen molar-refractivity contribution in [3.63, 3.8) is 0 Å². The average Bonchev–Trinajstić information content (AvgIpc) is 2.71. The maximum absolute atomic E-state index is 12.1. The van der Waals surface area contributed by atoms with Crippen LogP contribution in [0.25, 0.3) is 0 Å². The lowest BCUT2D eigenvalue weighted by molar-refractivity contribution is -0.384. The van der Waals surface area contributed by atoms with E-state index in [1.165, 1.54) is 6.07 Å². The number of carbonyl (C=O) groups is 2. The number of benzene rings is 2. The van der Waals surface area contributed by atoms with Crippen LogP contribution in [0.2, 0.25) is 0 Å². The molecule has 9 heteroatoms. The van der Waals surface area contributed by atoms with E-state index < -0.39 is 22.5 Å². The quantitative estimate of drug-likeness (QED) is 0.278. The maximum Gasteiger partial charge on any atom is 0.338 e. The van der Waals surface area contributed by atoms with Crippen LogP contribution in [0.3, 0.4) is 0 Å². The lowest BCUT2D eigenvalue weighted by atomic mass is 10.1. The highest BCUT2D eigenvalue weighted by molar-refractivity contribution is 5.96. The van der Waals surface area contributed by atoms with Gasteiger partial charge in [-0.3, -0.25) is 10.1 Å². The van der Waals surface area contributed by atoms with E-state index in [1.807, 2.05) is 6.92 Å². The highest BCUT2D eigenvalue weighted by Gasteiger charge is 2.19. The van der Waals surface area contributed by atoms with Crippen molar-refractivity contribution in [2.75, 3.05) is 26.9 Å². The largest absolute Gasteiger partial charge is 0.494 e. The van der Waals surface area contributed by atoms with Crippen LogP contribution in [0.5, 0.6) is 11.5 Å². The third-order valence-electron chi connectivity index (χ3n) is 3.51. The fourth-order valence-electron chi connectivity index (χ4n) is 2.25. The van der Waals surface area contributed by atoms with Crippen molar-refractivity contribution in [2.24, 2.45) is 0 Å². The molecule has 0 saturated heterocycles. The number of nitro groups is 1. The highest BCUT2D eigenvalue weighted by atomic mass is 16.6. The molecule has 2 rings (SSSR count). The Hall–Kier alpha value is -3.62. The second-order valence-electron chi connectivity index (χ2n) is 5.41. The Morgan fingerprint density at radius 2 is 1.50 bits per heavy atom. The molecule has 2 aromatic carbocycles. The van der Waals surface area contributed by atoms with Crippen molar-refractivity contribution in [1.29, 1.82) is 0 Å². The summed E-state index contributed by atoms with van der Waals surface area (Å²) in [4.78, 5) is 34.0. The topological polar surface area (TPSA) is 114 Å². The van der Waals surface area contributed by atoms with Gasteiger partial charge >= 0.3 is 11.9 Å². The van der Waals surface area contributed by atoms with Crippen LogP contribution < -0.4 is 9.47 Å². The number of rotatable bonds is 9. The molecule has 0 atom stereocenters. The molecule has 0 aliphatic carbocycles. The smallest absolute Gasteiger partial charge is 0.338 e. The van der Waals surface area contributed by atoms with Crippen molar-refractivity contribution < 1.29 is 33.5 Å². The number of methoxy groups -OCH3 is 1. The number of nitro benzene ring substituents is 1. The van der Waals surface area contributed by atoms with Gasteiger partial charge in [-0.15, -0.1) is 0 Å². The average molecular weight is 389 g/mol. The molecule has 0 radical (unpaired) electrons. The third kappa shape index (κ3) is 5.70. The molecule has 0 N–H and O–H groups in total. The summed E-state index contributed by atoms with van der Waals surface area (Å²) in [6.45, 7) is 2.44. The highest BCUT2D eigenvalue weighted by Crippen LogP contribution is 2.19. The molecule has 148 valence electrons. The van der Waals surface area contributed by atoms with Crippen LogP contribution in [-0.2, 0) is 9.47 Å². The number of hydrogen-bond donors (Lipinski definition) is 0. The lowest BCUT2D eigenvalue weighted by Crippen LogP contribution is -2.13. The normalized spacial score (nSPS) is 10.1. The minimum atomic E-state index is -0.816. The number of non-ortho nitro benzene ring substituents is 1. The molecule has 0 fully saturated rings. The zero-order valence-electron chi connectivity index (χ0n) is 15.4. The predicted molar refractivity (Wildman–Crippen MR) is 97.8 cm³/mol. The van der Waals surface area contributed by atoms with Crippen molar-refractivity contribution in [3.8, 4) is 11.5 Å². The lowest BCUT2D eigenvalue weighted by Gasteiger charge is -2.09. The van der Waals surface area contributed by atoms with Crippen molar-refractivity contribution in [2.45, 2.75) is 6.92 Å². The first kappa shape index (κ1) is 20.7. The summed E-state index contributed by atoms with van der Waals surface area (Å²) in [6.07, 6.45) is 0. The number of carbonyl (C=O) groups excluding carboxylic acids is 2. The van der Waals surface area contributed by atoms with Gasteiger partial charge in [-0.1, -0.05) is 0 Å². The van der Waals surface area contributed by atoms with E-state index in [0.717, 1.165) is 19.2 Å². The summed E-state index contributed by atoms with van der Waals surface area (Å²) < 4.78 is 20.4. The molecule has 0 spiro atoms. The Kier molecular flexibility index (Phi) is 7.32. The standard InChI is InChI=1S/C19H19NO8/c1-3-26-16-4-6-17(7-5-16)27-8-9-28-19(22)14-10-13(18(21)25-2)11-15(12-14)20(23)24/h4-7,10-12H,3,8-9H2,1-2H3. The molecule has 28 heavy (non-hydrogen) atoms. The van der Waals surface area contributed by atoms with E-state index >= 15 is 0 Å². The third-order valence-corrected chi connectivity index (χ3v) is 3.51. The first-order chi connectivity index (χ1) is 13.4. The molecule has 2 aromatic rings. The van der Waals surface area contributed by atoms with E-state index in [2.05, 4.69) is 4.74 Å². The van der Waals surface area contributed by atoms with Gasteiger partial charge in [0.1, 0.15) is 24.7 Å². The summed E-state index contributed by atoms with van der Waals surface area (Å²) >= 11 is 0. The van der Waals surface area contributed by atoms with E-state index in [0.29, 0.717) is 18.1 Å². The minimum absolute atomic E-state index is 0.0811. The van der Waals surface area contributed by atoms with Gasteiger partial charge in [-0.05, 0) is 37.3 Å². The van der Waals surface area contributed by atoms with Crippen LogP contribution in [-0.4, -0.2) is 43.8 Å². The molecular weight excluding hydrogens is 370 g/mol. The Labute approximate surface area is 160 Å². The Balaban J connectivity index is 1.94. The van der Waals surface area contributed by atoms with Gasteiger partial charge < -0.3 is 18.9 Å². The summed E-state index contributed by atoms with van der Waals surface area (Å²) in [5, 5.41) is 11.0. The Morgan fingerprint density at radius 3 is 2.04 bits per heavy atom. The van der Waals surface area contributed by atoms with Crippen LogP contribution in [0.4, 0.5) is 5.69 Å². The minimum Gasteiger partial charge on any atom is -0.494 e. The zero-order valence-corrected chi connectivity index (χ0v) is 15.4. The van der Waals surface area contributed by atoms with Gasteiger partial charge in [-0.25, -0.2) is 9.59 Å². The van der Waals surface area contributed by atoms with Crippen molar-refractivity contribution in [1.82, 2.24) is 0 Å². The predicted octanol–water partition coefficient (Wildman–Crippen LogP) is 3.02. The molecule has 0 saturated carbocycles. The second kappa shape index (κ2) is 9.91. The van der Waals surface area contributed by atoms with Gasteiger partial charge in [0.15, 0.2) is 0 Å². The van der Waals surface area contributed by atoms with Gasteiger partial charge in [0.25, 0.3) is 5.69 Å². The zero-order chi connectivity index (χ0) is 20.5. The molecule has 0 amide bonds. The molecule has 0 aromatic heterocycles. The Morgan fingerprint density at radius 1 is 0.929 bits per heavy atom. The summed E-state index contributed by atoms with van der Waals surface area (Å²) in [5.74, 6) is -0.322. The van der Waals surface area contributed by atoms with Gasteiger partial charge in [0.05, 0.1) is 29.8 Å². The van der Waals surface area contributed by atoms with E-state index in [4.69, 9.17) is 14.2 Å². The van der Waals surface area contributed by atoms with Crippen LogP contribution in [0, 0.1) is 10.1 Å². The fourth-order valence-corrected chi connectivity index (χ4v) is 2.25. The molecular formula is C19H19NO8. The van der Waals surface area contributed by atoms with Gasteiger partial charge in [0, 0.05) is 12.1 Å². The first-order valence-corrected chi connectivity index (χ1v) is 8.35. The summed E-state index contributed by atoms with van der Waals surface area (Å²) in [7, 11) is 1.14. The fraction of sp³-hybridized carbons (Fsp3) is 0.263. The summed E-state index contributed by atoms with van der Waals surface area (Å²) in [5.41, 5.74) is -0.662. The van der Waals surface area contributed by atoms with Crippen LogP contribution >= 0.6 is 0 Å². The van der Waals surface area contributed by atoms with Crippen LogP contribution in [0.15, 0.2) is 42.5 Å². The molecule has 0 aliphatic rings. The molecule has 0 unspecified atom stereocenters. The van der Waals surface area contributed by atoms with Crippen molar-refractivity contribution in [3.05, 3.63) is 63.7 Å². The van der Waals surface area contributed by atoms with Gasteiger partial charge in [-0.2, -0.15) is 0 Å². The summed E-state index contributed by atoms with van der Waals surface area (Å²) in [6, 6.07) is 10.2. The molecule has 0 heterocycles. The first-order valence-electron chi connectivity index (χ1n) is 8.35. The second-order valence-corrected chi connectivity index (χ2v) is 5.41. The van der Waals surface area contributed by atoms with E-state index in [1.54, 1.807) is 24.3 Å². The molecule has 0 aliphatic heterocycles. The van der Waals surface area contributed by atoms with Gasteiger partial charge in [0.2, 0.25) is 0 Å². The van der Waals surface area contributed by atoms with Crippen molar-refractivity contribution >= 4 is 17.6 Å². The molecule has 9 nitrogen and oxygen atoms in total. The Bertz CT molecular complexity index is 848. The number of nitrogens with zero attached hydrogens (tertiary/aromatic N) is 1. The number of esters is 2. The van der Waals surface area contributed by atoms with E-state index in [-0.39, 0.29) is 24.3 Å². The van der Waals surface area contributed by atoms with Crippen LogP contribution in [0.1, 0.15) is 27.6 Å². The maximum atomic E-state index is 12.1. The SMILES string of the molecule is CCOc1ccc(OCCOC(=O)c2cc(C(=O)OC)cc([N+](=O)[O-])c2)cc1. The monoisotopic (exact) mass is 389 g/mol. The molecule has 0 bridgehead atoms. The number of ether oxygens (including phenoxy) is 4.